The highest BCUT2D eigenvalue weighted by Crippen LogP contribution is 2.50. The number of allylic oxidation sites excluding steroid dienone is 1. The Hall–Kier alpha value is -2.76. The molecule has 8 nitrogen and oxygen atoms in total. The fraction of sp³-hybridized carbons (Fsp3) is 0.565. The van der Waals surface area contributed by atoms with Crippen molar-refractivity contribution in [2.45, 2.75) is 64.5 Å². The number of urea groups is 1. The third-order valence-corrected chi connectivity index (χ3v) is 8.89. The molecule has 2 fully saturated rings. The molecule has 1 saturated heterocycles. The summed E-state index contributed by atoms with van der Waals surface area (Å²) in [5, 5.41) is 7.83. The Bertz CT molecular complexity index is 1220. The van der Waals surface area contributed by atoms with Gasteiger partial charge < -0.3 is 10.1 Å². The number of anilines is 1. The van der Waals surface area contributed by atoms with Gasteiger partial charge in [0, 0.05) is 17.8 Å². The zero-order chi connectivity index (χ0) is 25.2. The van der Waals surface area contributed by atoms with E-state index in [2.05, 4.69) is 17.1 Å². The summed E-state index contributed by atoms with van der Waals surface area (Å²) >= 11 is 0. The molecular formula is C23H27F3N4O4S. The molecule has 0 atom stereocenters. The lowest BCUT2D eigenvalue weighted by Gasteiger charge is -2.33. The van der Waals surface area contributed by atoms with Gasteiger partial charge in [-0.05, 0) is 80.5 Å². The fourth-order valence-electron chi connectivity index (χ4n) is 5.51. The van der Waals surface area contributed by atoms with Crippen LogP contribution < -0.4 is 10.0 Å². The average Bonchev–Trinajstić information content (AvgIpc) is 3.15. The number of rotatable bonds is 4. The Morgan fingerprint density at radius 2 is 1.66 bits per heavy atom. The van der Waals surface area contributed by atoms with E-state index in [1.807, 2.05) is 4.72 Å². The standard InChI is InChI=1S/C23H27F3N4O4S/c1-13(20-30(27-2)11-22(9-10-22)12-34-20)35(32,33)29-21(31)28-19-16-7-3-5-14(16)18(23(24,25)26)15-6-4-8-17(15)19/h2-12H2,1H3,(H2,28,29,31)/b20-13-. The molecular weight excluding hydrogens is 485 g/mol. The van der Waals surface area contributed by atoms with Crippen molar-refractivity contribution in [1.29, 1.82) is 0 Å². The Kier molecular flexibility index (Phi) is 5.57. The minimum Gasteiger partial charge on any atom is -0.476 e. The van der Waals surface area contributed by atoms with E-state index in [1.165, 1.54) is 11.9 Å². The van der Waals surface area contributed by atoms with E-state index in [1.54, 1.807) is 0 Å². The largest absolute Gasteiger partial charge is 0.476 e. The van der Waals surface area contributed by atoms with Gasteiger partial charge in [-0.25, -0.2) is 22.9 Å². The van der Waals surface area contributed by atoms with Crippen molar-refractivity contribution < 1.29 is 31.1 Å². The fourth-order valence-corrected chi connectivity index (χ4v) is 6.35. The Morgan fingerprint density at radius 1 is 1.09 bits per heavy atom. The molecule has 1 spiro atoms. The third-order valence-electron chi connectivity index (χ3n) is 7.46. The van der Waals surface area contributed by atoms with E-state index in [4.69, 9.17) is 4.74 Å². The Morgan fingerprint density at radius 3 is 2.17 bits per heavy atom. The van der Waals surface area contributed by atoms with Gasteiger partial charge in [-0.3, -0.25) is 0 Å². The molecule has 2 amide bonds. The number of hydrazone groups is 1. The van der Waals surface area contributed by atoms with Crippen LogP contribution in [0.25, 0.3) is 0 Å². The quantitative estimate of drug-likeness (QED) is 0.593. The van der Waals surface area contributed by atoms with E-state index < -0.39 is 27.8 Å². The Balaban J connectivity index is 1.42. The second-order valence-electron chi connectivity index (χ2n) is 9.78. The molecule has 5 rings (SSSR count). The SMILES string of the molecule is C=NN1CC2(CC2)CO/C1=C(/C)S(=O)(=O)NC(=O)Nc1c2c(c(C(F)(F)F)c3c1CCC3)CCC2. The predicted octanol–water partition coefficient (Wildman–Crippen LogP) is 4.05. The van der Waals surface area contributed by atoms with Crippen LogP contribution in [0.5, 0.6) is 0 Å². The van der Waals surface area contributed by atoms with E-state index in [0.29, 0.717) is 55.6 Å². The number of ether oxygens (including phenoxy) is 1. The first-order valence-electron chi connectivity index (χ1n) is 11.6. The highest BCUT2D eigenvalue weighted by Gasteiger charge is 2.49. The zero-order valence-corrected chi connectivity index (χ0v) is 20.2. The number of nitrogens with zero attached hydrogens (tertiary/aromatic N) is 2. The first-order valence-corrected chi connectivity index (χ1v) is 13.1. The number of hydrogen-bond donors (Lipinski definition) is 2. The number of alkyl halides is 3. The lowest BCUT2D eigenvalue weighted by molar-refractivity contribution is -0.138. The maximum Gasteiger partial charge on any atom is 0.416 e. The second-order valence-corrected chi connectivity index (χ2v) is 11.6. The maximum absolute atomic E-state index is 13.9. The number of sulfonamides is 1. The third kappa shape index (κ3) is 4.15. The topological polar surface area (TPSA) is 100 Å². The number of fused-ring (bicyclic) bond motifs is 2. The average molecular weight is 513 g/mol. The van der Waals surface area contributed by atoms with Gasteiger partial charge in [0.05, 0.1) is 18.7 Å². The number of nitrogens with one attached hydrogen (secondary N) is 2. The van der Waals surface area contributed by atoms with Crippen LogP contribution in [0.15, 0.2) is 15.9 Å². The van der Waals surface area contributed by atoms with Gasteiger partial charge in [0.2, 0.25) is 5.88 Å². The van der Waals surface area contributed by atoms with Gasteiger partial charge in [-0.15, -0.1) is 0 Å². The van der Waals surface area contributed by atoms with Crippen LogP contribution >= 0.6 is 0 Å². The van der Waals surface area contributed by atoms with Gasteiger partial charge in [0.15, 0.2) is 0 Å². The van der Waals surface area contributed by atoms with Gasteiger partial charge >= 0.3 is 12.2 Å². The minimum atomic E-state index is -4.47. The van der Waals surface area contributed by atoms with E-state index in [0.717, 1.165) is 12.8 Å². The normalized spacial score (nSPS) is 21.8. The van der Waals surface area contributed by atoms with E-state index in [9.17, 15) is 26.4 Å². The number of halogens is 3. The molecule has 12 heteroatoms. The molecule has 2 N–H and O–H groups in total. The van der Waals surface area contributed by atoms with E-state index in [-0.39, 0.29) is 40.2 Å². The van der Waals surface area contributed by atoms with Crippen LogP contribution in [0.1, 0.15) is 60.4 Å². The lowest BCUT2D eigenvalue weighted by atomic mass is 9.91. The maximum atomic E-state index is 13.9. The van der Waals surface area contributed by atoms with Crippen molar-refractivity contribution >= 4 is 28.5 Å². The highest BCUT2D eigenvalue weighted by atomic mass is 32.2. The van der Waals surface area contributed by atoms with E-state index >= 15 is 0 Å². The van der Waals surface area contributed by atoms with Crippen molar-refractivity contribution in [3.63, 3.8) is 0 Å². The van der Waals surface area contributed by atoms with Gasteiger partial charge in [-0.2, -0.15) is 18.3 Å². The summed E-state index contributed by atoms with van der Waals surface area (Å²) in [7, 11) is -4.32. The second kappa shape index (κ2) is 8.14. The van der Waals surface area contributed by atoms with Crippen molar-refractivity contribution in [3.8, 4) is 0 Å². The number of hydrogen-bond acceptors (Lipinski definition) is 6. The molecule has 3 aliphatic carbocycles. The van der Waals surface area contributed by atoms with Crippen LogP contribution in [0.4, 0.5) is 23.7 Å². The molecule has 1 saturated carbocycles. The molecule has 4 aliphatic rings. The lowest BCUT2D eigenvalue weighted by Crippen LogP contribution is -2.40. The van der Waals surface area contributed by atoms with Crippen LogP contribution in [-0.4, -0.2) is 39.3 Å². The highest BCUT2D eigenvalue weighted by molar-refractivity contribution is 7.93. The minimum absolute atomic E-state index is 0.00846. The van der Waals surface area contributed by atoms with Crippen LogP contribution in [0.3, 0.4) is 0 Å². The summed E-state index contributed by atoms with van der Waals surface area (Å²) in [6, 6.07) is -1.03. The first-order chi connectivity index (χ1) is 16.5. The summed E-state index contributed by atoms with van der Waals surface area (Å²) in [5.41, 5.74) is 1.04. The van der Waals surface area contributed by atoms with Gasteiger partial charge in [-0.1, -0.05) is 0 Å². The number of carbonyl (C=O) groups excluding carboxylic acids is 1. The molecule has 1 aromatic rings. The summed E-state index contributed by atoms with van der Waals surface area (Å²) < 4.78 is 75.3. The number of carbonyl (C=O) groups is 1. The van der Waals surface area contributed by atoms with Gasteiger partial charge in [0.1, 0.15) is 4.91 Å². The number of benzene rings is 1. The monoisotopic (exact) mass is 512 g/mol. The molecule has 0 unspecified atom stereocenters. The molecule has 0 radical (unpaired) electrons. The number of amides is 2. The molecule has 1 aliphatic heterocycles. The summed E-state index contributed by atoms with van der Waals surface area (Å²) in [5.74, 6) is 0.00846. The summed E-state index contributed by atoms with van der Waals surface area (Å²) in [6.07, 6.45) is -0.115. The first kappa shape index (κ1) is 24.0. The summed E-state index contributed by atoms with van der Waals surface area (Å²) in [4.78, 5) is 12.6. The van der Waals surface area contributed by atoms with Crippen LogP contribution in [-0.2, 0) is 46.6 Å². The smallest absolute Gasteiger partial charge is 0.416 e. The molecule has 35 heavy (non-hydrogen) atoms. The van der Waals surface area contributed by atoms with Crippen LogP contribution in [0, 0.1) is 5.41 Å². The predicted molar refractivity (Wildman–Crippen MR) is 123 cm³/mol. The van der Waals surface area contributed by atoms with Crippen molar-refractivity contribution in [1.82, 2.24) is 9.73 Å². The molecule has 1 heterocycles. The molecule has 0 aromatic heterocycles. The van der Waals surface area contributed by atoms with Gasteiger partial charge in [0.25, 0.3) is 10.0 Å². The Labute approximate surface area is 201 Å². The zero-order valence-electron chi connectivity index (χ0n) is 19.3. The molecule has 0 bridgehead atoms. The molecule has 190 valence electrons. The summed E-state index contributed by atoms with van der Waals surface area (Å²) in [6.45, 7) is 5.63. The van der Waals surface area contributed by atoms with Crippen molar-refractivity contribution in [2.24, 2.45) is 10.5 Å². The molecule has 1 aromatic carbocycles. The van der Waals surface area contributed by atoms with Crippen LogP contribution in [0.2, 0.25) is 0 Å². The van der Waals surface area contributed by atoms with Crippen molar-refractivity contribution in [2.75, 3.05) is 18.5 Å². The van der Waals surface area contributed by atoms with Crippen molar-refractivity contribution in [3.05, 3.63) is 38.6 Å².